The van der Waals surface area contributed by atoms with Gasteiger partial charge in [-0.15, -0.1) is 5.10 Å². The van der Waals surface area contributed by atoms with Crippen molar-refractivity contribution in [3.63, 3.8) is 0 Å². The summed E-state index contributed by atoms with van der Waals surface area (Å²) in [5.41, 5.74) is 12.3. The molecule has 1 aromatic carbocycles. The van der Waals surface area contributed by atoms with Gasteiger partial charge in [0.15, 0.2) is 0 Å². The van der Waals surface area contributed by atoms with Gasteiger partial charge in [-0.3, -0.25) is 0 Å². The highest BCUT2D eigenvalue weighted by molar-refractivity contribution is 5.85. The summed E-state index contributed by atoms with van der Waals surface area (Å²) in [6.07, 6.45) is 3.60. The molecule has 1 aromatic rings. The molecule has 4 nitrogen and oxygen atoms in total. The SMILES string of the molecule is CC(/C=N/N=C(N)N)=C\c1ccccc1. The Bertz CT molecular complexity index is 386. The lowest BCUT2D eigenvalue weighted by Crippen LogP contribution is -2.21. The maximum Gasteiger partial charge on any atom is 0.211 e. The quantitative estimate of drug-likeness (QED) is 0.441. The standard InChI is InChI=1S/C11H14N4/c1-9(8-14-15-11(12)13)7-10-5-3-2-4-6-10/h2-8H,1H3,(H4,12,13,15)/b9-7+,14-8+. The van der Waals surface area contributed by atoms with Gasteiger partial charge in [0.1, 0.15) is 0 Å². The van der Waals surface area contributed by atoms with E-state index in [2.05, 4.69) is 10.2 Å². The Morgan fingerprint density at radius 2 is 1.87 bits per heavy atom. The molecule has 0 bridgehead atoms. The van der Waals surface area contributed by atoms with Crippen LogP contribution in [0, 0.1) is 0 Å². The summed E-state index contributed by atoms with van der Waals surface area (Å²) in [6.45, 7) is 1.93. The van der Waals surface area contributed by atoms with E-state index in [1.165, 1.54) is 0 Å². The Kier molecular flexibility index (Phi) is 4.09. The molecule has 0 saturated heterocycles. The van der Waals surface area contributed by atoms with Crippen LogP contribution < -0.4 is 11.5 Å². The summed E-state index contributed by atoms with van der Waals surface area (Å²) < 4.78 is 0. The molecule has 1 rings (SSSR count). The van der Waals surface area contributed by atoms with Gasteiger partial charge in [0.2, 0.25) is 5.96 Å². The summed E-state index contributed by atoms with van der Waals surface area (Å²) >= 11 is 0. The first kappa shape index (κ1) is 11.0. The Morgan fingerprint density at radius 3 is 2.47 bits per heavy atom. The number of allylic oxidation sites excluding steroid dienone is 1. The molecule has 0 spiro atoms. The van der Waals surface area contributed by atoms with Crippen LogP contribution in [0.15, 0.2) is 46.1 Å². The number of hydrogen-bond donors (Lipinski definition) is 2. The van der Waals surface area contributed by atoms with Gasteiger partial charge in [-0.05, 0) is 18.1 Å². The van der Waals surface area contributed by atoms with Crippen molar-refractivity contribution < 1.29 is 0 Å². The molecule has 0 saturated carbocycles. The Morgan fingerprint density at radius 1 is 1.20 bits per heavy atom. The molecule has 0 aliphatic heterocycles. The third kappa shape index (κ3) is 4.61. The highest BCUT2D eigenvalue weighted by Gasteiger charge is 1.86. The van der Waals surface area contributed by atoms with Crippen molar-refractivity contribution in [1.82, 2.24) is 0 Å². The van der Waals surface area contributed by atoms with Gasteiger partial charge in [-0.2, -0.15) is 5.10 Å². The van der Waals surface area contributed by atoms with E-state index >= 15 is 0 Å². The van der Waals surface area contributed by atoms with E-state index in [9.17, 15) is 0 Å². The fraction of sp³-hybridized carbons (Fsp3) is 0.0909. The van der Waals surface area contributed by atoms with Crippen LogP contribution >= 0.6 is 0 Å². The molecule has 0 radical (unpaired) electrons. The topological polar surface area (TPSA) is 76.8 Å². The molecule has 0 aromatic heterocycles. The van der Waals surface area contributed by atoms with Crippen molar-refractivity contribution in [2.75, 3.05) is 0 Å². The first-order chi connectivity index (χ1) is 7.18. The van der Waals surface area contributed by atoms with Crippen LogP contribution in [-0.2, 0) is 0 Å². The van der Waals surface area contributed by atoms with Gasteiger partial charge >= 0.3 is 0 Å². The van der Waals surface area contributed by atoms with Gasteiger partial charge < -0.3 is 11.5 Å². The van der Waals surface area contributed by atoms with Gasteiger partial charge in [-0.1, -0.05) is 36.4 Å². The predicted octanol–water partition coefficient (Wildman–Crippen LogP) is 1.35. The second kappa shape index (κ2) is 5.59. The fourth-order valence-electron chi connectivity index (χ4n) is 1.04. The summed E-state index contributed by atoms with van der Waals surface area (Å²) in [7, 11) is 0. The Labute approximate surface area is 89.0 Å². The van der Waals surface area contributed by atoms with Gasteiger partial charge in [0, 0.05) is 0 Å². The lowest BCUT2D eigenvalue weighted by atomic mass is 10.1. The first-order valence-corrected chi connectivity index (χ1v) is 4.54. The van der Waals surface area contributed by atoms with Gasteiger partial charge in [-0.25, -0.2) is 0 Å². The maximum absolute atomic E-state index is 5.13. The zero-order chi connectivity index (χ0) is 11.1. The van der Waals surface area contributed by atoms with E-state index in [4.69, 9.17) is 11.5 Å². The molecule has 4 N–H and O–H groups in total. The van der Waals surface area contributed by atoms with Crippen LogP contribution in [0.1, 0.15) is 12.5 Å². The van der Waals surface area contributed by atoms with E-state index in [-0.39, 0.29) is 5.96 Å². The lowest BCUT2D eigenvalue weighted by Gasteiger charge is -1.93. The summed E-state index contributed by atoms with van der Waals surface area (Å²) in [5, 5.41) is 7.22. The van der Waals surface area contributed by atoms with E-state index in [0.29, 0.717) is 0 Å². The minimum atomic E-state index is -0.0428. The monoisotopic (exact) mass is 202 g/mol. The lowest BCUT2D eigenvalue weighted by molar-refractivity contribution is 1.21. The highest BCUT2D eigenvalue weighted by Crippen LogP contribution is 2.04. The third-order valence-corrected chi connectivity index (χ3v) is 1.63. The number of benzene rings is 1. The second-order valence-corrected chi connectivity index (χ2v) is 3.07. The minimum Gasteiger partial charge on any atom is -0.369 e. The van der Waals surface area contributed by atoms with Crippen molar-refractivity contribution in [3.05, 3.63) is 41.5 Å². The molecule has 78 valence electrons. The summed E-state index contributed by atoms with van der Waals surface area (Å²) in [4.78, 5) is 0. The molecular formula is C11H14N4. The van der Waals surface area contributed by atoms with E-state index in [1.54, 1.807) is 6.21 Å². The first-order valence-electron chi connectivity index (χ1n) is 4.54. The van der Waals surface area contributed by atoms with Crippen molar-refractivity contribution >= 4 is 18.3 Å². The van der Waals surface area contributed by atoms with Crippen LogP contribution in [0.4, 0.5) is 0 Å². The molecule has 0 atom stereocenters. The van der Waals surface area contributed by atoms with E-state index in [0.717, 1.165) is 11.1 Å². The zero-order valence-electron chi connectivity index (χ0n) is 8.59. The van der Waals surface area contributed by atoms with Gasteiger partial charge in [0.05, 0.1) is 6.21 Å². The average Bonchev–Trinajstić information content (AvgIpc) is 2.18. The average molecular weight is 202 g/mol. The smallest absolute Gasteiger partial charge is 0.211 e. The van der Waals surface area contributed by atoms with Crippen LogP contribution in [0.2, 0.25) is 0 Å². The normalized spacial score (nSPS) is 11.7. The van der Waals surface area contributed by atoms with Gasteiger partial charge in [0.25, 0.3) is 0 Å². The number of nitrogens with two attached hydrogens (primary N) is 2. The van der Waals surface area contributed by atoms with Crippen LogP contribution in [0.25, 0.3) is 6.08 Å². The molecule has 0 heterocycles. The fourth-order valence-corrected chi connectivity index (χ4v) is 1.04. The zero-order valence-corrected chi connectivity index (χ0v) is 8.59. The predicted molar refractivity (Wildman–Crippen MR) is 64.4 cm³/mol. The van der Waals surface area contributed by atoms with Crippen LogP contribution in [-0.4, -0.2) is 12.2 Å². The Hall–Kier alpha value is -2.10. The van der Waals surface area contributed by atoms with E-state index in [1.807, 2.05) is 43.3 Å². The maximum atomic E-state index is 5.13. The van der Waals surface area contributed by atoms with E-state index < -0.39 is 0 Å². The molecular weight excluding hydrogens is 188 g/mol. The molecule has 0 amide bonds. The molecule has 0 aliphatic rings. The van der Waals surface area contributed by atoms with Crippen molar-refractivity contribution in [1.29, 1.82) is 0 Å². The third-order valence-electron chi connectivity index (χ3n) is 1.63. The van der Waals surface area contributed by atoms with Crippen molar-refractivity contribution in [2.24, 2.45) is 21.7 Å². The molecule has 0 fully saturated rings. The highest BCUT2D eigenvalue weighted by atomic mass is 15.3. The van der Waals surface area contributed by atoms with Crippen LogP contribution in [0.5, 0.6) is 0 Å². The van der Waals surface area contributed by atoms with Crippen molar-refractivity contribution in [3.8, 4) is 0 Å². The number of nitrogens with zero attached hydrogens (tertiary/aromatic N) is 2. The summed E-state index contributed by atoms with van der Waals surface area (Å²) in [6, 6.07) is 9.95. The minimum absolute atomic E-state index is 0.0428. The molecule has 4 heteroatoms. The molecule has 0 unspecified atom stereocenters. The second-order valence-electron chi connectivity index (χ2n) is 3.07. The van der Waals surface area contributed by atoms with Crippen LogP contribution in [0.3, 0.4) is 0 Å². The van der Waals surface area contributed by atoms with Crippen molar-refractivity contribution in [2.45, 2.75) is 6.92 Å². The summed E-state index contributed by atoms with van der Waals surface area (Å²) in [5.74, 6) is -0.0428. The number of hydrogen-bond acceptors (Lipinski definition) is 2. The largest absolute Gasteiger partial charge is 0.369 e. The Balaban J connectivity index is 2.69. The molecule has 0 aliphatic carbocycles. The molecule has 15 heavy (non-hydrogen) atoms. The number of rotatable bonds is 3. The number of guanidine groups is 1.